The van der Waals surface area contributed by atoms with Crippen molar-refractivity contribution < 1.29 is 8.42 Å². The minimum absolute atomic E-state index is 0.100. The van der Waals surface area contributed by atoms with Gasteiger partial charge in [0.1, 0.15) is 0 Å². The fourth-order valence-electron chi connectivity index (χ4n) is 2.48. The lowest BCUT2D eigenvalue weighted by Crippen LogP contribution is -2.15. The summed E-state index contributed by atoms with van der Waals surface area (Å²) in [5, 5.41) is 16.2. The highest BCUT2D eigenvalue weighted by molar-refractivity contribution is 7.89. The molecule has 0 amide bonds. The largest absolute Gasteiger partial charge is 0.353 e. The molecule has 0 unspecified atom stereocenters. The van der Waals surface area contributed by atoms with E-state index in [9.17, 15) is 8.42 Å². The van der Waals surface area contributed by atoms with Gasteiger partial charge in [0, 0.05) is 19.3 Å². The Morgan fingerprint density at radius 2 is 1.78 bits per heavy atom. The van der Waals surface area contributed by atoms with Crippen molar-refractivity contribution >= 4 is 27.5 Å². The normalized spacial score (nSPS) is 11.2. The zero-order chi connectivity index (χ0) is 19.3. The average Bonchev–Trinajstić information content (AvgIpc) is 2.68. The Bertz CT molecular complexity index is 994. The van der Waals surface area contributed by atoms with Crippen molar-refractivity contribution in [2.24, 2.45) is 5.14 Å². The van der Waals surface area contributed by atoms with E-state index < -0.39 is 10.0 Å². The molecule has 0 fully saturated rings. The first-order valence-corrected chi connectivity index (χ1v) is 9.82. The molecule has 0 spiro atoms. The fraction of sp³-hybridized carbons (Fsp3) is 0.167. The van der Waals surface area contributed by atoms with Crippen molar-refractivity contribution in [3.63, 3.8) is 0 Å². The van der Waals surface area contributed by atoms with Gasteiger partial charge in [-0.1, -0.05) is 30.3 Å². The van der Waals surface area contributed by atoms with Gasteiger partial charge in [0.05, 0.1) is 11.1 Å². The first-order valence-electron chi connectivity index (χ1n) is 8.27. The van der Waals surface area contributed by atoms with Crippen LogP contribution in [0, 0.1) is 0 Å². The van der Waals surface area contributed by atoms with Gasteiger partial charge in [0.25, 0.3) is 0 Å². The van der Waals surface area contributed by atoms with E-state index in [0.717, 1.165) is 11.3 Å². The second-order valence-corrected chi connectivity index (χ2v) is 7.46. The van der Waals surface area contributed by atoms with Crippen LogP contribution in [0.25, 0.3) is 0 Å². The Kier molecular flexibility index (Phi) is 5.63. The standard InChI is InChI=1S/C18H20N6O2S/c1-24(15-5-3-2-4-6-15)17-13-21-23-18(22-17)20-12-11-14-7-9-16(10-8-14)27(19,25)26/h2-10,13H,11-12H2,1H3,(H2,19,25,26)(H,20,22,23). The van der Waals surface area contributed by atoms with E-state index in [-0.39, 0.29) is 4.90 Å². The number of sulfonamides is 1. The van der Waals surface area contributed by atoms with Crippen LogP contribution in [0.4, 0.5) is 17.5 Å². The SMILES string of the molecule is CN(c1ccccc1)c1cnnc(NCCc2ccc(S(N)(=O)=O)cc2)n1. The summed E-state index contributed by atoms with van der Waals surface area (Å²) >= 11 is 0. The third-order valence-electron chi connectivity index (χ3n) is 3.98. The first kappa shape index (κ1) is 18.7. The molecule has 2 aromatic carbocycles. The maximum absolute atomic E-state index is 11.3. The molecular formula is C18H20N6O2S. The van der Waals surface area contributed by atoms with Crippen molar-refractivity contribution in [3.05, 3.63) is 66.4 Å². The highest BCUT2D eigenvalue weighted by atomic mass is 32.2. The Balaban J connectivity index is 1.60. The Hall–Kier alpha value is -3.04. The topological polar surface area (TPSA) is 114 Å². The summed E-state index contributed by atoms with van der Waals surface area (Å²) in [6, 6.07) is 16.3. The van der Waals surface area contributed by atoms with E-state index in [4.69, 9.17) is 5.14 Å². The summed E-state index contributed by atoms with van der Waals surface area (Å²) in [5.41, 5.74) is 1.97. The smallest absolute Gasteiger partial charge is 0.244 e. The molecule has 3 N–H and O–H groups in total. The van der Waals surface area contributed by atoms with Crippen molar-refractivity contribution in [2.45, 2.75) is 11.3 Å². The second kappa shape index (κ2) is 8.11. The monoisotopic (exact) mass is 384 g/mol. The first-order chi connectivity index (χ1) is 12.9. The lowest BCUT2D eigenvalue weighted by atomic mass is 10.1. The van der Waals surface area contributed by atoms with Crippen LogP contribution in [0.5, 0.6) is 0 Å². The van der Waals surface area contributed by atoms with Crippen LogP contribution in [0.1, 0.15) is 5.56 Å². The molecule has 140 valence electrons. The number of aromatic nitrogens is 3. The van der Waals surface area contributed by atoms with Gasteiger partial charge >= 0.3 is 0 Å². The molecule has 8 nitrogen and oxygen atoms in total. The van der Waals surface area contributed by atoms with Gasteiger partial charge < -0.3 is 10.2 Å². The molecule has 0 saturated heterocycles. The summed E-state index contributed by atoms with van der Waals surface area (Å²) < 4.78 is 22.5. The van der Waals surface area contributed by atoms with Gasteiger partial charge in [0.15, 0.2) is 5.82 Å². The molecule has 3 aromatic rings. The average molecular weight is 384 g/mol. The number of primary sulfonamides is 1. The molecule has 1 aromatic heterocycles. The van der Waals surface area contributed by atoms with Gasteiger partial charge in [0.2, 0.25) is 16.0 Å². The molecule has 27 heavy (non-hydrogen) atoms. The number of hydrogen-bond donors (Lipinski definition) is 2. The Morgan fingerprint density at radius 3 is 2.44 bits per heavy atom. The van der Waals surface area contributed by atoms with Crippen molar-refractivity contribution in [1.82, 2.24) is 15.2 Å². The number of hydrogen-bond acceptors (Lipinski definition) is 7. The van der Waals surface area contributed by atoms with Crippen LogP contribution in [-0.4, -0.2) is 37.2 Å². The minimum Gasteiger partial charge on any atom is -0.353 e. The van der Waals surface area contributed by atoms with Crippen LogP contribution in [-0.2, 0) is 16.4 Å². The van der Waals surface area contributed by atoms with E-state index in [1.807, 2.05) is 42.3 Å². The molecule has 0 aliphatic carbocycles. The number of anilines is 3. The fourth-order valence-corrected chi connectivity index (χ4v) is 3.00. The molecule has 1 heterocycles. The van der Waals surface area contributed by atoms with E-state index in [1.54, 1.807) is 18.3 Å². The van der Waals surface area contributed by atoms with Gasteiger partial charge in [-0.3, -0.25) is 0 Å². The molecule has 0 bridgehead atoms. The maximum atomic E-state index is 11.3. The van der Waals surface area contributed by atoms with Gasteiger partial charge in [-0.05, 0) is 36.2 Å². The number of nitrogens with two attached hydrogens (primary N) is 1. The van der Waals surface area contributed by atoms with Crippen LogP contribution < -0.4 is 15.4 Å². The van der Waals surface area contributed by atoms with Crippen molar-refractivity contribution in [3.8, 4) is 0 Å². The highest BCUT2D eigenvalue weighted by Crippen LogP contribution is 2.20. The summed E-state index contributed by atoms with van der Waals surface area (Å²) in [4.78, 5) is 6.49. The molecule has 0 atom stereocenters. The van der Waals surface area contributed by atoms with Crippen LogP contribution in [0.2, 0.25) is 0 Å². The number of nitrogens with one attached hydrogen (secondary N) is 1. The number of rotatable bonds is 7. The van der Waals surface area contributed by atoms with Crippen LogP contribution in [0.15, 0.2) is 65.7 Å². The number of nitrogens with zero attached hydrogens (tertiary/aromatic N) is 4. The number of para-hydroxylation sites is 1. The predicted octanol–water partition coefficient (Wildman–Crippen LogP) is 1.94. The molecule has 0 aliphatic heterocycles. The maximum Gasteiger partial charge on any atom is 0.244 e. The molecule has 0 saturated carbocycles. The van der Waals surface area contributed by atoms with E-state index in [0.29, 0.717) is 24.7 Å². The lowest BCUT2D eigenvalue weighted by Gasteiger charge is -2.18. The van der Waals surface area contributed by atoms with E-state index in [1.165, 1.54) is 12.1 Å². The number of benzene rings is 2. The molecule has 3 rings (SSSR count). The summed E-state index contributed by atoms with van der Waals surface area (Å²) in [5.74, 6) is 1.10. The zero-order valence-corrected chi connectivity index (χ0v) is 15.6. The molecule has 0 radical (unpaired) electrons. The van der Waals surface area contributed by atoms with E-state index >= 15 is 0 Å². The molecule has 0 aliphatic rings. The van der Waals surface area contributed by atoms with Crippen LogP contribution >= 0.6 is 0 Å². The lowest BCUT2D eigenvalue weighted by molar-refractivity contribution is 0.598. The van der Waals surface area contributed by atoms with Gasteiger partial charge in [-0.25, -0.2) is 13.6 Å². The van der Waals surface area contributed by atoms with Gasteiger partial charge in [-0.15, -0.1) is 5.10 Å². The third-order valence-corrected chi connectivity index (χ3v) is 4.91. The summed E-state index contributed by atoms with van der Waals surface area (Å²) in [7, 11) is -1.75. The quantitative estimate of drug-likeness (QED) is 0.640. The zero-order valence-electron chi connectivity index (χ0n) is 14.8. The van der Waals surface area contributed by atoms with Crippen molar-refractivity contribution in [2.75, 3.05) is 23.8 Å². The Labute approximate surface area is 158 Å². The minimum atomic E-state index is -3.67. The predicted molar refractivity (Wildman–Crippen MR) is 104 cm³/mol. The molecular weight excluding hydrogens is 364 g/mol. The summed E-state index contributed by atoms with van der Waals surface area (Å²) in [6.45, 7) is 0.578. The Morgan fingerprint density at radius 1 is 1.07 bits per heavy atom. The van der Waals surface area contributed by atoms with E-state index in [2.05, 4.69) is 20.5 Å². The van der Waals surface area contributed by atoms with Crippen LogP contribution in [0.3, 0.4) is 0 Å². The third kappa shape index (κ3) is 4.99. The second-order valence-electron chi connectivity index (χ2n) is 5.90. The highest BCUT2D eigenvalue weighted by Gasteiger charge is 2.08. The van der Waals surface area contributed by atoms with Gasteiger partial charge in [-0.2, -0.15) is 10.1 Å². The summed E-state index contributed by atoms with van der Waals surface area (Å²) in [6.07, 6.45) is 2.27. The molecule has 9 heteroatoms. The van der Waals surface area contributed by atoms with Crippen molar-refractivity contribution in [1.29, 1.82) is 0 Å².